The fraction of sp³-hybridized carbons (Fsp3) is 0.655. The first-order chi connectivity index (χ1) is 19.5. The maximum absolute atomic E-state index is 13.5. The predicted molar refractivity (Wildman–Crippen MR) is 140 cm³/mol. The van der Waals surface area contributed by atoms with Gasteiger partial charge < -0.3 is 33.5 Å². The van der Waals surface area contributed by atoms with Gasteiger partial charge in [-0.05, 0) is 39.3 Å². The third kappa shape index (κ3) is 5.02. The van der Waals surface area contributed by atoms with Crippen molar-refractivity contribution in [2.24, 2.45) is 11.3 Å². The summed E-state index contributed by atoms with van der Waals surface area (Å²) in [6.45, 7) is 8.90. The van der Waals surface area contributed by atoms with Crippen LogP contribution in [0, 0.1) is 11.3 Å². The van der Waals surface area contributed by atoms with Gasteiger partial charge in [0.2, 0.25) is 0 Å². The van der Waals surface area contributed by atoms with Gasteiger partial charge >= 0.3 is 29.8 Å². The smallest absolute Gasteiger partial charge is 0.340 e. The Kier molecular flexibility index (Phi) is 8.15. The topological polar surface area (TPSA) is 174 Å². The molecule has 1 spiro atoms. The maximum atomic E-state index is 13.5. The number of ether oxygens (including phenoxy) is 6. The summed E-state index contributed by atoms with van der Waals surface area (Å²) >= 11 is 0. The van der Waals surface area contributed by atoms with Crippen molar-refractivity contribution in [2.75, 3.05) is 6.61 Å². The van der Waals surface area contributed by atoms with Gasteiger partial charge in [-0.3, -0.25) is 24.2 Å². The minimum atomic E-state index is -2.00. The molecule has 1 saturated heterocycles. The lowest BCUT2D eigenvalue weighted by Crippen LogP contribution is -2.83. The molecule has 8 unspecified atom stereocenters. The number of carbonyl (C=O) groups excluding carboxylic acids is 5. The molecule has 8 atom stereocenters. The number of pyridine rings is 1. The molecule has 0 radical (unpaired) electrons. The molecule has 1 aliphatic heterocycles. The third-order valence-corrected chi connectivity index (χ3v) is 8.63. The summed E-state index contributed by atoms with van der Waals surface area (Å²) in [5.74, 6) is -4.40. The number of aromatic nitrogens is 1. The van der Waals surface area contributed by atoms with Gasteiger partial charge in [0.1, 0.15) is 30.3 Å². The molecule has 2 bridgehead atoms. The molecule has 230 valence electrons. The second-order valence-electron chi connectivity index (χ2n) is 11.9. The van der Waals surface area contributed by atoms with E-state index in [1.165, 1.54) is 32.3 Å². The van der Waals surface area contributed by atoms with Gasteiger partial charge in [-0.15, -0.1) is 0 Å². The Morgan fingerprint density at radius 2 is 1.55 bits per heavy atom. The monoisotopic (exact) mass is 591 g/mol. The fourth-order valence-corrected chi connectivity index (χ4v) is 7.30. The number of hydrogen-bond donors (Lipinski definition) is 1. The number of esters is 5. The van der Waals surface area contributed by atoms with E-state index >= 15 is 0 Å². The summed E-state index contributed by atoms with van der Waals surface area (Å²) in [4.78, 5) is 67.2. The minimum Gasteiger partial charge on any atom is -0.465 e. The van der Waals surface area contributed by atoms with Crippen LogP contribution in [0.5, 0.6) is 0 Å². The SMILES string of the molecule is CC(=O)OCC12C(OC(=O)c3cccnc3)CC3C(OC(C)=O)C1(OC3(C)C)C(C)(O)CC(OC(C)=O)C2OC(C)=O. The Bertz CT molecular complexity index is 1260. The van der Waals surface area contributed by atoms with Crippen LogP contribution < -0.4 is 0 Å². The highest BCUT2D eigenvalue weighted by atomic mass is 16.6. The van der Waals surface area contributed by atoms with Crippen LogP contribution in [0.25, 0.3) is 0 Å². The first-order valence-corrected chi connectivity index (χ1v) is 13.7. The van der Waals surface area contributed by atoms with Gasteiger partial charge in [0.25, 0.3) is 0 Å². The molecule has 2 saturated carbocycles. The van der Waals surface area contributed by atoms with E-state index in [9.17, 15) is 29.1 Å². The lowest BCUT2D eigenvalue weighted by atomic mass is 9.46. The highest BCUT2D eigenvalue weighted by Gasteiger charge is 2.86. The largest absolute Gasteiger partial charge is 0.465 e. The summed E-state index contributed by atoms with van der Waals surface area (Å²) < 4.78 is 35.8. The Hall–Kier alpha value is -3.58. The molecule has 0 aromatic carbocycles. The Labute approximate surface area is 243 Å². The molecular formula is C29H37NO12. The van der Waals surface area contributed by atoms with Crippen molar-refractivity contribution < 1.29 is 57.5 Å². The van der Waals surface area contributed by atoms with E-state index in [0.29, 0.717) is 0 Å². The maximum Gasteiger partial charge on any atom is 0.340 e. The number of rotatable bonds is 7. The van der Waals surface area contributed by atoms with Gasteiger partial charge in [0.15, 0.2) is 11.7 Å². The molecule has 1 N–H and O–H groups in total. The zero-order valence-corrected chi connectivity index (χ0v) is 24.7. The van der Waals surface area contributed by atoms with Crippen LogP contribution in [-0.2, 0) is 47.6 Å². The predicted octanol–water partition coefficient (Wildman–Crippen LogP) is 1.67. The van der Waals surface area contributed by atoms with Crippen LogP contribution >= 0.6 is 0 Å². The normalized spacial score (nSPS) is 36.1. The van der Waals surface area contributed by atoms with E-state index in [2.05, 4.69) is 4.98 Å². The first-order valence-electron chi connectivity index (χ1n) is 13.7. The average molecular weight is 592 g/mol. The summed E-state index contributed by atoms with van der Waals surface area (Å²) in [6, 6.07) is 3.04. The first kappa shape index (κ1) is 31.4. The highest BCUT2D eigenvalue weighted by Crippen LogP contribution is 2.69. The van der Waals surface area contributed by atoms with E-state index in [4.69, 9.17) is 28.4 Å². The molecule has 42 heavy (non-hydrogen) atoms. The molecule has 3 aliphatic rings. The lowest BCUT2D eigenvalue weighted by Gasteiger charge is -2.65. The van der Waals surface area contributed by atoms with E-state index in [-0.39, 0.29) is 18.4 Å². The molecule has 1 aromatic rings. The molecule has 3 fully saturated rings. The van der Waals surface area contributed by atoms with E-state index < -0.39 is 89.0 Å². The van der Waals surface area contributed by atoms with Gasteiger partial charge in [0.05, 0.1) is 16.8 Å². The van der Waals surface area contributed by atoms with Crippen LogP contribution in [-0.4, -0.2) is 87.8 Å². The van der Waals surface area contributed by atoms with E-state index in [0.717, 1.165) is 20.8 Å². The zero-order valence-electron chi connectivity index (χ0n) is 24.7. The van der Waals surface area contributed by atoms with Crippen LogP contribution in [0.15, 0.2) is 24.5 Å². The summed E-state index contributed by atoms with van der Waals surface area (Å²) in [5, 5.41) is 12.4. The van der Waals surface area contributed by atoms with Crippen LogP contribution in [0.1, 0.15) is 71.7 Å². The van der Waals surface area contributed by atoms with Crippen molar-refractivity contribution in [3.63, 3.8) is 0 Å². The lowest BCUT2D eigenvalue weighted by molar-refractivity contribution is -0.355. The van der Waals surface area contributed by atoms with Crippen molar-refractivity contribution in [1.82, 2.24) is 4.98 Å². The van der Waals surface area contributed by atoms with Crippen molar-refractivity contribution in [3.8, 4) is 0 Å². The average Bonchev–Trinajstić information content (AvgIpc) is 3.03. The molecule has 13 nitrogen and oxygen atoms in total. The quantitative estimate of drug-likeness (QED) is 0.359. The summed E-state index contributed by atoms with van der Waals surface area (Å²) in [5.41, 5.74) is -6.93. The van der Waals surface area contributed by atoms with Gasteiger partial charge in [-0.1, -0.05) is 0 Å². The van der Waals surface area contributed by atoms with Crippen LogP contribution in [0.2, 0.25) is 0 Å². The van der Waals surface area contributed by atoms with Crippen LogP contribution in [0.3, 0.4) is 0 Å². The van der Waals surface area contributed by atoms with Crippen molar-refractivity contribution in [1.29, 1.82) is 0 Å². The Balaban J connectivity index is 2.06. The van der Waals surface area contributed by atoms with Gasteiger partial charge in [-0.25, -0.2) is 4.79 Å². The second kappa shape index (κ2) is 10.9. The van der Waals surface area contributed by atoms with Crippen molar-refractivity contribution in [3.05, 3.63) is 30.1 Å². The Morgan fingerprint density at radius 3 is 2.10 bits per heavy atom. The fourth-order valence-electron chi connectivity index (χ4n) is 7.30. The molecule has 4 rings (SSSR count). The van der Waals surface area contributed by atoms with Gasteiger partial charge in [-0.2, -0.15) is 0 Å². The van der Waals surface area contributed by atoms with E-state index in [1.54, 1.807) is 19.9 Å². The molecule has 0 amide bonds. The van der Waals surface area contributed by atoms with Crippen LogP contribution in [0.4, 0.5) is 0 Å². The molecule has 2 heterocycles. The number of nitrogens with zero attached hydrogens (tertiary/aromatic N) is 1. The number of carbonyl (C=O) groups is 5. The third-order valence-electron chi connectivity index (χ3n) is 8.63. The molecule has 13 heteroatoms. The van der Waals surface area contributed by atoms with Crippen molar-refractivity contribution in [2.45, 2.75) is 103 Å². The highest BCUT2D eigenvalue weighted by molar-refractivity contribution is 5.89. The number of hydrogen-bond acceptors (Lipinski definition) is 13. The van der Waals surface area contributed by atoms with Gasteiger partial charge in [0, 0.05) is 52.4 Å². The second-order valence-corrected chi connectivity index (χ2v) is 11.9. The zero-order chi connectivity index (χ0) is 31.3. The molecule has 2 aliphatic carbocycles. The minimum absolute atomic E-state index is 0.0272. The molecule has 1 aromatic heterocycles. The number of fused-ring (bicyclic) bond motifs is 1. The Morgan fingerprint density at radius 1 is 0.929 bits per heavy atom. The standard InChI is InChI=1S/C29H37NO12/c1-15(31)37-14-28-22(41-25(35)19-9-8-10-30-13-19)11-20-23(39-17(3)33)29(28,42-26(20,5)6)27(7,36)12-21(38-16(2)32)24(28)40-18(4)34/h8-10,13,20-24,36H,11-12,14H2,1-7H3. The van der Waals surface area contributed by atoms with E-state index in [1.807, 2.05) is 0 Å². The summed E-state index contributed by atoms with van der Waals surface area (Å²) in [7, 11) is 0. The molecular weight excluding hydrogens is 554 g/mol. The van der Waals surface area contributed by atoms with Crippen molar-refractivity contribution >= 4 is 29.8 Å². The summed E-state index contributed by atoms with van der Waals surface area (Å²) in [6.07, 6.45) is -2.82. The number of aliphatic hydroxyl groups is 1.